The lowest BCUT2D eigenvalue weighted by Crippen LogP contribution is -2.13. The Hall–Kier alpha value is -2.23. The molecule has 0 aliphatic heterocycles. The van der Waals surface area contributed by atoms with E-state index in [0.717, 1.165) is 18.2 Å². The summed E-state index contributed by atoms with van der Waals surface area (Å²) in [4.78, 5) is 0. The molecule has 1 radical (unpaired) electrons. The third kappa shape index (κ3) is 5.38. The normalized spacial score (nSPS) is 14.3. The molecule has 10 heteroatoms. The van der Waals surface area contributed by atoms with Gasteiger partial charge in [-0.15, -0.1) is 0 Å². The predicted molar refractivity (Wildman–Crippen MR) is 75.0 cm³/mol. The summed E-state index contributed by atoms with van der Waals surface area (Å²) in [7, 11) is 0. The molecule has 1 atom stereocenters. The van der Waals surface area contributed by atoms with Crippen LogP contribution in [0.2, 0.25) is 0 Å². The summed E-state index contributed by atoms with van der Waals surface area (Å²) in [6.07, 6.45) is -17.8. The highest BCUT2D eigenvalue weighted by atomic mass is 19.4. The van der Waals surface area contributed by atoms with Crippen molar-refractivity contribution in [1.29, 1.82) is 0 Å². The second kappa shape index (κ2) is 7.06. The number of hydrogen-bond donors (Lipinski definition) is 0. The van der Waals surface area contributed by atoms with E-state index in [1.807, 2.05) is 0 Å². The van der Waals surface area contributed by atoms with Crippen LogP contribution in [0.3, 0.4) is 0 Å². The highest BCUT2D eigenvalue weighted by molar-refractivity contribution is 5.36. The molecule has 0 saturated heterocycles. The molecule has 0 fully saturated rings. The largest absolute Gasteiger partial charge is 0.416 e. The molecule has 0 amide bonds. The quantitative estimate of drug-likeness (QED) is 0.527. The summed E-state index contributed by atoms with van der Waals surface area (Å²) in [6.45, 7) is 0. The van der Waals surface area contributed by atoms with Crippen molar-refractivity contribution < 1.29 is 44.6 Å². The maximum absolute atomic E-state index is 12.8. The summed E-state index contributed by atoms with van der Waals surface area (Å²) >= 11 is 0. The first-order chi connectivity index (χ1) is 12.2. The Balaban J connectivity index is 2.40. The average molecular weight is 401 g/mol. The van der Waals surface area contributed by atoms with Gasteiger partial charge in [0.05, 0.1) is 16.7 Å². The third-order valence-electron chi connectivity index (χ3n) is 3.66. The Bertz CT molecular complexity index is 771. The second-order valence-electron chi connectivity index (χ2n) is 5.73. The summed E-state index contributed by atoms with van der Waals surface area (Å²) in [5.74, 6) is 0. The molecule has 2 rings (SSSR count). The summed E-state index contributed by atoms with van der Waals surface area (Å²) in [5.41, 5.74) is -5.35. The Morgan fingerprint density at radius 2 is 1.15 bits per heavy atom. The van der Waals surface area contributed by atoms with Crippen LogP contribution in [-0.4, -0.2) is 0 Å². The molecule has 0 N–H and O–H groups in total. The first-order valence-corrected chi connectivity index (χ1v) is 7.29. The molecular formula is C17H10F9O. The van der Waals surface area contributed by atoms with Crippen molar-refractivity contribution >= 4 is 0 Å². The molecule has 0 aliphatic rings. The summed E-state index contributed by atoms with van der Waals surface area (Å²) < 4.78 is 115. The van der Waals surface area contributed by atoms with Crippen molar-refractivity contribution in [3.63, 3.8) is 0 Å². The van der Waals surface area contributed by atoms with Gasteiger partial charge < -0.3 is 0 Å². The third-order valence-corrected chi connectivity index (χ3v) is 3.66. The van der Waals surface area contributed by atoms with Gasteiger partial charge in [-0.25, -0.2) is 5.11 Å². The van der Waals surface area contributed by atoms with E-state index in [-0.39, 0.29) is 23.8 Å². The fourth-order valence-electron chi connectivity index (χ4n) is 2.37. The number of alkyl halides is 9. The van der Waals surface area contributed by atoms with Gasteiger partial charge in [-0.1, -0.05) is 18.2 Å². The van der Waals surface area contributed by atoms with Crippen molar-refractivity contribution in [2.75, 3.05) is 0 Å². The van der Waals surface area contributed by atoms with Crippen LogP contribution in [0.25, 0.3) is 0 Å². The Labute approximate surface area is 147 Å². The molecule has 0 bridgehead atoms. The zero-order chi connectivity index (χ0) is 20.6. The molecular weight excluding hydrogens is 391 g/mol. The molecule has 0 aliphatic carbocycles. The molecule has 0 aromatic heterocycles. The lowest BCUT2D eigenvalue weighted by molar-refractivity contribution is -0.143. The minimum atomic E-state index is -5.12. The number of hydrogen-bond acceptors (Lipinski definition) is 0. The van der Waals surface area contributed by atoms with E-state index in [4.69, 9.17) is 0 Å². The molecule has 0 saturated carbocycles. The van der Waals surface area contributed by atoms with E-state index in [1.54, 1.807) is 0 Å². The van der Waals surface area contributed by atoms with Crippen LogP contribution in [0.15, 0.2) is 42.5 Å². The van der Waals surface area contributed by atoms with E-state index in [9.17, 15) is 44.6 Å². The molecule has 0 heterocycles. The van der Waals surface area contributed by atoms with E-state index in [0.29, 0.717) is 6.07 Å². The average Bonchev–Trinajstić information content (AvgIpc) is 2.52. The zero-order valence-electron chi connectivity index (χ0n) is 13.1. The van der Waals surface area contributed by atoms with E-state index in [1.165, 1.54) is 0 Å². The van der Waals surface area contributed by atoms with Gasteiger partial charge in [0.15, 0.2) is 0 Å². The maximum Gasteiger partial charge on any atom is 0.416 e. The van der Waals surface area contributed by atoms with Crippen LogP contribution < -0.4 is 0 Å². The van der Waals surface area contributed by atoms with Gasteiger partial charge >= 0.3 is 18.5 Å². The Kier molecular flexibility index (Phi) is 5.51. The predicted octanol–water partition coefficient (Wildman–Crippen LogP) is 6.46. The van der Waals surface area contributed by atoms with Crippen LogP contribution in [0, 0.1) is 0 Å². The van der Waals surface area contributed by atoms with Gasteiger partial charge in [-0.05, 0) is 35.4 Å². The summed E-state index contributed by atoms with van der Waals surface area (Å²) in [6, 6.07) is 3.93. The Morgan fingerprint density at radius 1 is 0.667 bits per heavy atom. The number of benzene rings is 2. The lowest BCUT2D eigenvalue weighted by atomic mass is 9.96. The molecule has 2 aromatic rings. The minimum absolute atomic E-state index is 0.125. The molecule has 27 heavy (non-hydrogen) atoms. The first-order valence-electron chi connectivity index (χ1n) is 7.29. The zero-order valence-corrected chi connectivity index (χ0v) is 13.1. The SMILES string of the molecule is [O]C(Cc1cccc(C(F)(F)F)c1)c1cc(C(F)(F)F)cc(C(F)(F)F)c1. The standard InChI is InChI=1S/C17H10F9O/c18-15(19,20)11-3-1-2-9(4-11)5-14(27)10-6-12(16(21,22)23)8-13(7-10)17(24,25)26/h1-4,6-8,14H,5H2. The molecule has 1 nitrogen and oxygen atoms in total. The maximum atomic E-state index is 12.8. The van der Waals surface area contributed by atoms with Crippen molar-refractivity contribution in [3.05, 3.63) is 70.3 Å². The van der Waals surface area contributed by atoms with Gasteiger partial charge in [0.1, 0.15) is 6.10 Å². The summed E-state index contributed by atoms with van der Waals surface area (Å²) in [5, 5.41) is 12.2. The number of rotatable bonds is 3. The van der Waals surface area contributed by atoms with Crippen molar-refractivity contribution in [1.82, 2.24) is 0 Å². The van der Waals surface area contributed by atoms with E-state index < -0.39 is 53.3 Å². The van der Waals surface area contributed by atoms with Crippen LogP contribution in [0.1, 0.15) is 33.9 Å². The van der Waals surface area contributed by atoms with Gasteiger partial charge in [0.25, 0.3) is 0 Å². The van der Waals surface area contributed by atoms with Crippen LogP contribution in [0.4, 0.5) is 39.5 Å². The minimum Gasteiger partial charge on any atom is -0.228 e. The highest BCUT2D eigenvalue weighted by Gasteiger charge is 2.37. The monoisotopic (exact) mass is 401 g/mol. The lowest BCUT2D eigenvalue weighted by Gasteiger charge is -2.17. The van der Waals surface area contributed by atoms with Crippen molar-refractivity contribution in [2.45, 2.75) is 31.1 Å². The topological polar surface area (TPSA) is 19.9 Å². The van der Waals surface area contributed by atoms with Crippen LogP contribution >= 0.6 is 0 Å². The number of halogens is 9. The smallest absolute Gasteiger partial charge is 0.228 e. The second-order valence-corrected chi connectivity index (χ2v) is 5.73. The van der Waals surface area contributed by atoms with E-state index in [2.05, 4.69) is 0 Å². The van der Waals surface area contributed by atoms with Crippen molar-refractivity contribution in [2.24, 2.45) is 0 Å². The van der Waals surface area contributed by atoms with Gasteiger partial charge in [0.2, 0.25) is 0 Å². The van der Waals surface area contributed by atoms with Crippen LogP contribution in [0.5, 0.6) is 0 Å². The molecule has 147 valence electrons. The molecule has 1 unspecified atom stereocenters. The molecule has 0 spiro atoms. The molecule has 2 aromatic carbocycles. The Morgan fingerprint density at radius 3 is 1.59 bits per heavy atom. The van der Waals surface area contributed by atoms with Gasteiger partial charge in [-0.2, -0.15) is 39.5 Å². The van der Waals surface area contributed by atoms with Gasteiger partial charge in [-0.3, -0.25) is 0 Å². The van der Waals surface area contributed by atoms with Crippen LogP contribution in [-0.2, 0) is 30.1 Å². The highest BCUT2D eigenvalue weighted by Crippen LogP contribution is 2.38. The first kappa shape index (κ1) is 21.1. The van der Waals surface area contributed by atoms with Gasteiger partial charge in [0, 0.05) is 6.42 Å². The fourth-order valence-corrected chi connectivity index (χ4v) is 2.37. The fraction of sp³-hybridized carbons (Fsp3) is 0.294. The van der Waals surface area contributed by atoms with Crippen molar-refractivity contribution in [3.8, 4) is 0 Å². The van der Waals surface area contributed by atoms with E-state index >= 15 is 0 Å².